The highest BCUT2D eigenvalue weighted by molar-refractivity contribution is 5.15. The number of rotatable bonds is 3. The minimum Gasteiger partial charge on any atom is -0.396 e. The smallest absolute Gasteiger partial charge is 0.0502 e. The summed E-state index contributed by atoms with van der Waals surface area (Å²) in [6, 6.07) is 3.91. The maximum absolute atomic E-state index is 9.12. The highest BCUT2D eigenvalue weighted by atomic mass is 16.3. The first-order valence-corrected chi connectivity index (χ1v) is 4.26. The van der Waals surface area contributed by atoms with Gasteiger partial charge in [0.1, 0.15) is 0 Å². The van der Waals surface area contributed by atoms with E-state index in [-0.39, 0.29) is 12.5 Å². The molecule has 0 aliphatic rings. The molecule has 1 N–H and O–H groups in total. The predicted octanol–water partition coefficient (Wildman–Crippen LogP) is 1.81. The normalized spacial score (nSPS) is 13.3. The molecule has 12 heavy (non-hydrogen) atoms. The van der Waals surface area contributed by atoms with E-state index in [1.54, 1.807) is 6.20 Å². The van der Waals surface area contributed by atoms with E-state index in [4.69, 9.17) is 5.11 Å². The lowest BCUT2D eigenvalue weighted by molar-refractivity contribution is 0.237. The van der Waals surface area contributed by atoms with Gasteiger partial charge in [0.15, 0.2) is 0 Å². The van der Waals surface area contributed by atoms with Crippen molar-refractivity contribution in [3.05, 3.63) is 30.1 Å². The third-order valence-electron chi connectivity index (χ3n) is 2.11. The monoisotopic (exact) mass is 165 g/mol. The van der Waals surface area contributed by atoms with Gasteiger partial charge < -0.3 is 5.11 Å². The summed E-state index contributed by atoms with van der Waals surface area (Å²) in [6.45, 7) is 4.41. The number of pyridine rings is 1. The van der Waals surface area contributed by atoms with Gasteiger partial charge in [-0.05, 0) is 17.5 Å². The molecule has 1 heterocycles. The quantitative estimate of drug-likeness (QED) is 0.741. The van der Waals surface area contributed by atoms with Crippen LogP contribution in [0.2, 0.25) is 0 Å². The molecule has 2 nitrogen and oxygen atoms in total. The van der Waals surface area contributed by atoms with Gasteiger partial charge in [0, 0.05) is 18.3 Å². The van der Waals surface area contributed by atoms with Crippen LogP contribution in [0.3, 0.4) is 0 Å². The summed E-state index contributed by atoms with van der Waals surface area (Å²) in [6.07, 6.45) is 3.57. The van der Waals surface area contributed by atoms with Crippen molar-refractivity contribution in [3.8, 4) is 0 Å². The highest BCUT2D eigenvalue weighted by Crippen LogP contribution is 2.22. The van der Waals surface area contributed by atoms with Crippen LogP contribution in [0.1, 0.15) is 25.3 Å². The Morgan fingerprint density at radius 3 is 2.67 bits per heavy atom. The summed E-state index contributed by atoms with van der Waals surface area (Å²) in [4.78, 5) is 4.02. The van der Waals surface area contributed by atoms with Crippen molar-refractivity contribution in [2.45, 2.75) is 19.8 Å². The van der Waals surface area contributed by atoms with Crippen molar-refractivity contribution in [3.63, 3.8) is 0 Å². The summed E-state index contributed by atoms with van der Waals surface area (Å²) in [5, 5.41) is 9.12. The zero-order valence-electron chi connectivity index (χ0n) is 7.57. The standard InChI is InChI=1S/C10H15NO/c1-8(2)10(7-12)9-4-3-5-11-6-9/h3-6,8,10,12H,7H2,1-2H3/t10-/m1/s1. The molecule has 0 aliphatic heterocycles. The molecule has 66 valence electrons. The van der Waals surface area contributed by atoms with Crippen LogP contribution >= 0.6 is 0 Å². The molecule has 1 aromatic heterocycles. The lowest BCUT2D eigenvalue weighted by Crippen LogP contribution is -2.11. The molecule has 1 aromatic rings. The Balaban J connectivity index is 2.80. The van der Waals surface area contributed by atoms with Crippen LogP contribution in [0.4, 0.5) is 0 Å². The number of nitrogens with zero attached hydrogens (tertiary/aromatic N) is 1. The van der Waals surface area contributed by atoms with Gasteiger partial charge in [-0.1, -0.05) is 19.9 Å². The van der Waals surface area contributed by atoms with Gasteiger partial charge in [-0.15, -0.1) is 0 Å². The summed E-state index contributed by atoms with van der Waals surface area (Å²) in [7, 11) is 0. The fraction of sp³-hybridized carbons (Fsp3) is 0.500. The third kappa shape index (κ3) is 2.05. The van der Waals surface area contributed by atoms with Gasteiger partial charge in [0.05, 0.1) is 6.61 Å². The largest absolute Gasteiger partial charge is 0.396 e. The van der Waals surface area contributed by atoms with E-state index in [1.807, 2.05) is 18.3 Å². The van der Waals surface area contributed by atoms with E-state index in [0.29, 0.717) is 5.92 Å². The van der Waals surface area contributed by atoms with Gasteiger partial charge in [-0.2, -0.15) is 0 Å². The molecule has 0 amide bonds. The van der Waals surface area contributed by atoms with Crippen LogP contribution in [-0.4, -0.2) is 16.7 Å². The summed E-state index contributed by atoms with van der Waals surface area (Å²) in [5.74, 6) is 0.679. The first kappa shape index (κ1) is 9.20. The Kier molecular flexibility index (Phi) is 3.23. The Labute approximate surface area is 73.3 Å². The topological polar surface area (TPSA) is 33.1 Å². The van der Waals surface area contributed by atoms with Crippen molar-refractivity contribution >= 4 is 0 Å². The predicted molar refractivity (Wildman–Crippen MR) is 48.9 cm³/mol. The van der Waals surface area contributed by atoms with E-state index in [1.165, 1.54) is 0 Å². The lowest BCUT2D eigenvalue weighted by Gasteiger charge is -2.17. The van der Waals surface area contributed by atoms with E-state index in [2.05, 4.69) is 18.8 Å². The summed E-state index contributed by atoms with van der Waals surface area (Å²) >= 11 is 0. The highest BCUT2D eigenvalue weighted by Gasteiger charge is 2.13. The average Bonchev–Trinajstić information content (AvgIpc) is 2.07. The fourth-order valence-corrected chi connectivity index (χ4v) is 1.30. The molecule has 0 saturated heterocycles. The molecule has 0 aliphatic carbocycles. The summed E-state index contributed by atoms with van der Waals surface area (Å²) < 4.78 is 0. The molecule has 0 spiro atoms. The zero-order valence-corrected chi connectivity index (χ0v) is 7.57. The van der Waals surface area contributed by atoms with Gasteiger partial charge in [0.2, 0.25) is 0 Å². The van der Waals surface area contributed by atoms with Crippen LogP contribution in [0.5, 0.6) is 0 Å². The number of aliphatic hydroxyl groups is 1. The van der Waals surface area contributed by atoms with Crippen molar-refractivity contribution in [2.75, 3.05) is 6.61 Å². The van der Waals surface area contributed by atoms with Crippen molar-refractivity contribution < 1.29 is 5.11 Å². The first-order valence-electron chi connectivity index (χ1n) is 4.26. The minimum atomic E-state index is 0.198. The second kappa shape index (κ2) is 4.21. The van der Waals surface area contributed by atoms with E-state index >= 15 is 0 Å². The lowest BCUT2D eigenvalue weighted by atomic mass is 9.90. The Morgan fingerprint density at radius 1 is 1.50 bits per heavy atom. The number of aromatic nitrogens is 1. The van der Waals surface area contributed by atoms with Crippen LogP contribution in [-0.2, 0) is 0 Å². The van der Waals surface area contributed by atoms with Crippen LogP contribution in [0.25, 0.3) is 0 Å². The first-order chi connectivity index (χ1) is 5.75. The number of aliphatic hydroxyl groups excluding tert-OH is 1. The average molecular weight is 165 g/mol. The molecular formula is C10H15NO. The second-order valence-corrected chi connectivity index (χ2v) is 3.32. The number of hydrogen-bond donors (Lipinski definition) is 1. The van der Waals surface area contributed by atoms with Gasteiger partial charge >= 0.3 is 0 Å². The maximum Gasteiger partial charge on any atom is 0.0502 e. The van der Waals surface area contributed by atoms with E-state index < -0.39 is 0 Å². The van der Waals surface area contributed by atoms with Gasteiger partial charge in [0.25, 0.3) is 0 Å². The van der Waals surface area contributed by atoms with E-state index in [0.717, 1.165) is 5.56 Å². The molecule has 0 fully saturated rings. The third-order valence-corrected chi connectivity index (χ3v) is 2.11. The van der Waals surface area contributed by atoms with Crippen LogP contribution in [0, 0.1) is 5.92 Å². The second-order valence-electron chi connectivity index (χ2n) is 3.32. The SMILES string of the molecule is CC(C)[C@@H](CO)c1cccnc1. The number of hydrogen-bond acceptors (Lipinski definition) is 2. The van der Waals surface area contributed by atoms with Crippen LogP contribution < -0.4 is 0 Å². The molecular weight excluding hydrogens is 150 g/mol. The molecule has 2 heteroatoms. The van der Waals surface area contributed by atoms with Gasteiger partial charge in [-0.25, -0.2) is 0 Å². The van der Waals surface area contributed by atoms with Gasteiger partial charge in [-0.3, -0.25) is 4.98 Å². The fourth-order valence-electron chi connectivity index (χ4n) is 1.30. The molecule has 1 rings (SSSR count). The Morgan fingerprint density at radius 2 is 2.25 bits per heavy atom. The molecule has 0 aromatic carbocycles. The van der Waals surface area contributed by atoms with Crippen LogP contribution in [0.15, 0.2) is 24.5 Å². The Bertz CT molecular complexity index is 221. The molecule has 1 atom stereocenters. The summed E-state index contributed by atoms with van der Waals surface area (Å²) in [5.41, 5.74) is 1.12. The Hall–Kier alpha value is -0.890. The van der Waals surface area contributed by atoms with E-state index in [9.17, 15) is 0 Å². The maximum atomic E-state index is 9.12. The molecule has 0 radical (unpaired) electrons. The van der Waals surface area contributed by atoms with Crippen molar-refractivity contribution in [1.82, 2.24) is 4.98 Å². The molecule has 0 unspecified atom stereocenters. The molecule has 0 saturated carbocycles. The van der Waals surface area contributed by atoms with Crippen molar-refractivity contribution in [1.29, 1.82) is 0 Å². The van der Waals surface area contributed by atoms with Crippen molar-refractivity contribution in [2.24, 2.45) is 5.92 Å². The minimum absolute atomic E-state index is 0.198. The molecule has 0 bridgehead atoms. The zero-order chi connectivity index (χ0) is 8.97.